The van der Waals surface area contributed by atoms with Crippen LogP contribution in [0.2, 0.25) is 0 Å². The number of hydrogen-bond donors (Lipinski definition) is 2. The van der Waals surface area contributed by atoms with Gasteiger partial charge in [0.15, 0.2) is 0 Å². The second kappa shape index (κ2) is 5.07. The molecule has 0 aliphatic rings. The number of aliphatic hydroxyl groups excluding tert-OH is 1. The van der Waals surface area contributed by atoms with Gasteiger partial charge in [0.1, 0.15) is 5.82 Å². The third-order valence-corrected chi connectivity index (χ3v) is 2.30. The summed E-state index contributed by atoms with van der Waals surface area (Å²) >= 11 is 0. The molecule has 1 aromatic rings. The van der Waals surface area contributed by atoms with E-state index in [1.54, 1.807) is 0 Å². The highest BCUT2D eigenvalue weighted by Gasteiger charge is 2.16. The van der Waals surface area contributed by atoms with Gasteiger partial charge < -0.3 is 10.2 Å². The first-order valence-corrected chi connectivity index (χ1v) is 5.12. The van der Waals surface area contributed by atoms with Crippen LogP contribution in [0.5, 0.6) is 0 Å². The number of carbonyl (C=O) groups is 1. The van der Waals surface area contributed by atoms with E-state index in [0.717, 1.165) is 6.07 Å². The van der Waals surface area contributed by atoms with E-state index in [4.69, 9.17) is 5.11 Å². The van der Waals surface area contributed by atoms with Gasteiger partial charge in [-0.2, -0.15) is 0 Å². The van der Waals surface area contributed by atoms with E-state index in [0.29, 0.717) is 6.42 Å². The minimum Gasteiger partial charge on any atom is -0.478 e. The van der Waals surface area contributed by atoms with Crippen molar-refractivity contribution in [2.24, 2.45) is 5.92 Å². The first kappa shape index (κ1) is 12.6. The Morgan fingerprint density at radius 3 is 2.50 bits per heavy atom. The van der Waals surface area contributed by atoms with Crippen molar-refractivity contribution in [3.05, 3.63) is 35.1 Å². The van der Waals surface area contributed by atoms with Crippen LogP contribution in [-0.4, -0.2) is 16.2 Å². The molecule has 0 saturated carbocycles. The maximum Gasteiger partial charge on any atom is 0.335 e. The van der Waals surface area contributed by atoms with Gasteiger partial charge in [-0.3, -0.25) is 0 Å². The third kappa shape index (κ3) is 3.03. The molecule has 0 amide bonds. The molecule has 0 bridgehead atoms. The van der Waals surface area contributed by atoms with E-state index < -0.39 is 17.9 Å². The fourth-order valence-electron chi connectivity index (χ4n) is 1.50. The number of aromatic carboxylic acids is 1. The number of rotatable bonds is 4. The molecular formula is C12H15FO3. The minimum atomic E-state index is -1.18. The average molecular weight is 226 g/mol. The van der Waals surface area contributed by atoms with Crippen molar-refractivity contribution >= 4 is 5.97 Å². The van der Waals surface area contributed by atoms with Crippen LogP contribution in [0.4, 0.5) is 4.39 Å². The van der Waals surface area contributed by atoms with Gasteiger partial charge in [-0.1, -0.05) is 19.9 Å². The number of aliphatic hydroxyl groups is 1. The van der Waals surface area contributed by atoms with E-state index in [1.807, 2.05) is 13.8 Å². The molecular weight excluding hydrogens is 211 g/mol. The summed E-state index contributed by atoms with van der Waals surface area (Å²) in [7, 11) is 0. The molecule has 88 valence electrons. The lowest BCUT2D eigenvalue weighted by atomic mass is 9.98. The van der Waals surface area contributed by atoms with Crippen molar-refractivity contribution in [2.75, 3.05) is 0 Å². The predicted octanol–water partition coefficient (Wildman–Crippen LogP) is 2.60. The van der Waals surface area contributed by atoms with E-state index in [1.165, 1.54) is 12.1 Å². The highest BCUT2D eigenvalue weighted by atomic mass is 19.1. The van der Waals surface area contributed by atoms with E-state index >= 15 is 0 Å². The van der Waals surface area contributed by atoms with Crippen LogP contribution in [0.1, 0.15) is 42.3 Å². The molecule has 0 radical (unpaired) electrons. The Morgan fingerprint density at radius 1 is 1.44 bits per heavy atom. The van der Waals surface area contributed by atoms with Crippen LogP contribution < -0.4 is 0 Å². The first-order chi connectivity index (χ1) is 7.41. The molecule has 4 heteroatoms. The van der Waals surface area contributed by atoms with Crippen molar-refractivity contribution < 1.29 is 19.4 Å². The monoisotopic (exact) mass is 226 g/mol. The van der Waals surface area contributed by atoms with E-state index in [-0.39, 0.29) is 17.0 Å². The van der Waals surface area contributed by atoms with Gasteiger partial charge in [-0.05, 0) is 24.5 Å². The number of halogens is 1. The Hall–Kier alpha value is -1.42. The summed E-state index contributed by atoms with van der Waals surface area (Å²) in [5.74, 6) is -1.61. The van der Waals surface area contributed by atoms with Gasteiger partial charge in [0.2, 0.25) is 0 Å². The quantitative estimate of drug-likeness (QED) is 0.829. The summed E-state index contributed by atoms with van der Waals surface area (Å²) in [6.07, 6.45) is -0.438. The molecule has 1 unspecified atom stereocenters. The normalized spacial score (nSPS) is 12.8. The third-order valence-electron chi connectivity index (χ3n) is 2.30. The van der Waals surface area contributed by atoms with Gasteiger partial charge in [-0.25, -0.2) is 9.18 Å². The summed E-state index contributed by atoms with van der Waals surface area (Å²) in [6, 6.07) is 3.55. The smallest absolute Gasteiger partial charge is 0.335 e. The van der Waals surface area contributed by atoms with Gasteiger partial charge in [0.05, 0.1) is 11.7 Å². The number of benzene rings is 1. The topological polar surface area (TPSA) is 57.5 Å². The molecule has 0 saturated heterocycles. The second-order valence-electron chi connectivity index (χ2n) is 4.19. The van der Waals surface area contributed by atoms with Crippen molar-refractivity contribution in [1.82, 2.24) is 0 Å². The Bertz CT molecular complexity index is 388. The molecule has 0 aromatic heterocycles. The predicted molar refractivity (Wildman–Crippen MR) is 57.8 cm³/mol. The Morgan fingerprint density at radius 2 is 2.06 bits per heavy atom. The van der Waals surface area contributed by atoms with Crippen LogP contribution in [0, 0.1) is 11.7 Å². The molecule has 0 fully saturated rings. The Labute approximate surface area is 93.5 Å². The van der Waals surface area contributed by atoms with Gasteiger partial charge >= 0.3 is 5.97 Å². The highest BCUT2D eigenvalue weighted by molar-refractivity contribution is 5.87. The van der Waals surface area contributed by atoms with Gasteiger partial charge in [0.25, 0.3) is 0 Å². The summed E-state index contributed by atoms with van der Waals surface area (Å²) in [4.78, 5) is 10.6. The van der Waals surface area contributed by atoms with Crippen molar-refractivity contribution in [3.63, 3.8) is 0 Å². The second-order valence-corrected chi connectivity index (χ2v) is 4.19. The minimum absolute atomic E-state index is 0.113. The Balaban J connectivity index is 2.94. The zero-order chi connectivity index (χ0) is 12.3. The average Bonchev–Trinajstić information content (AvgIpc) is 2.15. The number of hydrogen-bond acceptors (Lipinski definition) is 2. The van der Waals surface area contributed by atoms with Gasteiger partial charge in [-0.15, -0.1) is 0 Å². The summed E-state index contributed by atoms with van der Waals surface area (Å²) in [6.45, 7) is 3.85. The fourth-order valence-corrected chi connectivity index (χ4v) is 1.50. The largest absolute Gasteiger partial charge is 0.478 e. The van der Waals surface area contributed by atoms with Crippen LogP contribution >= 0.6 is 0 Å². The van der Waals surface area contributed by atoms with Crippen LogP contribution in [-0.2, 0) is 0 Å². The number of carboxylic acids is 1. The molecule has 0 aliphatic carbocycles. The maximum absolute atomic E-state index is 13.5. The van der Waals surface area contributed by atoms with E-state index in [2.05, 4.69) is 0 Å². The number of carboxylic acid groups (broad SMARTS) is 1. The summed E-state index contributed by atoms with van der Waals surface area (Å²) in [5.41, 5.74) is 0.0386. The lowest BCUT2D eigenvalue weighted by Crippen LogP contribution is -2.06. The lowest BCUT2D eigenvalue weighted by molar-refractivity contribution is 0.0695. The molecule has 1 aromatic carbocycles. The van der Waals surface area contributed by atoms with Crippen molar-refractivity contribution in [3.8, 4) is 0 Å². The van der Waals surface area contributed by atoms with E-state index in [9.17, 15) is 14.3 Å². The first-order valence-electron chi connectivity index (χ1n) is 5.12. The van der Waals surface area contributed by atoms with Crippen molar-refractivity contribution in [1.29, 1.82) is 0 Å². The molecule has 16 heavy (non-hydrogen) atoms. The molecule has 1 atom stereocenters. The molecule has 2 N–H and O–H groups in total. The SMILES string of the molecule is CC(C)CC(O)c1ccc(C(=O)O)cc1F. The molecule has 1 rings (SSSR count). The zero-order valence-corrected chi connectivity index (χ0v) is 9.27. The van der Waals surface area contributed by atoms with Crippen LogP contribution in [0.3, 0.4) is 0 Å². The fraction of sp³-hybridized carbons (Fsp3) is 0.417. The Kier molecular flexibility index (Phi) is 4.01. The standard InChI is InChI=1S/C12H15FO3/c1-7(2)5-11(14)9-4-3-8(12(15)16)6-10(9)13/h3-4,6-7,11,14H,5H2,1-2H3,(H,15,16). The molecule has 0 heterocycles. The summed E-state index contributed by atoms with van der Waals surface area (Å²) in [5, 5.41) is 18.4. The molecule has 0 aliphatic heterocycles. The molecule has 3 nitrogen and oxygen atoms in total. The van der Waals surface area contributed by atoms with Gasteiger partial charge in [0, 0.05) is 5.56 Å². The van der Waals surface area contributed by atoms with Crippen molar-refractivity contribution in [2.45, 2.75) is 26.4 Å². The van der Waals surface area contributed by atoms with Crippen LogP contribution in [0.25, 0.3) is 0 Å². The van der Waals surface area contributed by atoms with Crippen LogP contribution in [0.15, 0.2) is 18.2 Å². The molecule has 0 spiro atoms. The maximum atomic E-state index is 13.5. The highest BCUT2D eigenvalue weighted by Crippen LogP contribution is 2.24. The lowest BCUT2D eigenvalue weighted by Gasteiger charge is -2.14. The zero-order valence-electron chi connectivity index (χ0n) is 9.27. The summed E-state index contributed by atoms with van der Waals surface area (Å²) < 4.78 is 13.5.